The van der Waals surface area contributed by atoms with Gasteiger partial charge in [-0.1, -0.05) is 6.07 Å². The number of hydrogen-bond acceptors (Lipinski definition) is 7. The Balaban J connectivity index is 1.57. The van der Waals surface area contributed by atoms with Gasteiger partial charge < -0.3 is 24.2 Å². The van der Waals surface area contributed by atoms with Crippen LogP contribution in [0, 0.1) is 0 Å². The summed E-state index contributed by atoms with van der Waals surface area (Å²) in [6.45, 7) is 1.58. The molecule has 0 aliphatic carbocycles. The van der Waals surface area contributed by atoms with Crippen molar-refractivity contribution in [1.29, 1.82) is 0 Å². The first kappa shape index (κ1) is 22.7. The second-order valence-corrected chi connectivity index (χ2v) is 8.55. The minimum absolute atomic E-state index is 0.119. The van der Waals surface area contributed by atoms with Gasteiger partial charge in [-0.15, -0.1) is 0 Å². The predicted octanol–water partition coefficient (Wildman–Crippen LogP) is -0.568. The van der Waals surface area contributed by atoms with E-state index >= 15 is 0 Å². The van der Waals surface area contributed by atoms with Gasteiger partial charge in [-0.25, -0.2) is 9.78 Å². The molecule has 1 N–H and O–H groups in total. The van der Waals surface area contributed by atoms with Crippen molar-refractivity contribution in [2.45, 2.75) is 12.1 Å². The smallest absolute Gasteiger partial charge is 0.332 e. The van der Waals surface area contributed by atoms with E-state index in [2.05, 4.69) is 4.98 Å². The van der Waals surface area contributed by atoms with Crippen LogP contribution in [0.1, 0.15) is 16.4 Å². The van der Waals surface area contributed by atoms with E-state index in [1.165, 1.54) is 17.9 Å². The lowest BCUT2D eigenvalue weighted by molar-refractivity contribution is 0.0764. The van der Waals surface area contributed by atoms with Gasteiger partial charge in [0.25, 0.3) is 11.5 Å². The van der Waals surface area contributed by atoms with Crippen molar-refractivity contribution in [3.63, 3.8) is 0 Å². The number of likely N-dealkylation sites (N-methyl/N-ethyl adjacent to an activating group) is 1. The molecule has 0 radical (unpaired) electrons. The van der Waals surface area contributed by atoms with E-state index < -0.39 is 23.4 Å². The van der Waals surface area contributed by atoms with Gasteiger partial charge in [0.2, 0.25) is 0 Å². The summed E-state index contributed by atoms with van der Waals surface area (Å²) >= 11 is 0. The predicted molar refractivity (Wildman–Crippen MR) is 122 cm³/mol. The molecule has 0 unspecified atom stereocenters. The van der Waals surface area contributed by atoms with Gasteiger partial charge >= 0.3 is 5.69 Å². The number of fused-ring (bicyclic) bond motifs is 1. The summed E-state index contributed by atoms with van der Waals surface area (Å²) < 4.78 is 9.66. The number of benzene rings is 1. The Labute approximate surface area is 190 Å². The summed E-state index contributed by atoms with van der Waals surface area (Å²) in [7, 11) is 6.86. The first-order chi connectivity index (χ1) is 15.7. The number of imidazole rings is 1. The average Bonchev–Trinajstić information content (AvgIpc) is 3.39. The van der Waals surface area contributed by atoms with Crippen molar-refractivity contribution in [2.75, 3.05) is 40.3 Å². The summed E-state index contributed by atoms with van der Waals surface area (Å²) in [5.74, 6) is 0.370. The molecule has 3 aromatic rings. The van der Waals surface area contributed by atoms with Crippen molar-refractivity contribution in [3.8, 4) is 5.75 Å². The van der Waals surface area contributed by atoms with Gasteiger partial charge in [0.1, 0.15) is 18.0 Å². The zero-order valence-electron chi connectivity index (χ0n) is 19.1. The number of carbonyl (C=O) groups excluding carboxylic acids is 1. The fourth-order valence-corrected chi connectivity index (χ4v) is 4.10. The van der Waals surface area contributed by atoms with Crippen molar-refractivity contribution in [3.05, 3.63) is 57.0 Å². The molecular weight excluding hydrogens is 428 g/mol. The van der Waals surface area contributed by atoms with Crippen LogP contribution in [0.5, 0.6) is 5.75 Å². The van der Waals surface area contributed by atoms with E-state index in [0.717, 1.165) is 11.1 Å². The molecule has 1 aliphatic heterocycles. The molecule has 0 saturated carbocycles. The van der Waals surface area contributed by atoms with Crippen LogP contribution >= 0.6 is 0 Å². The molecule has 2 aromatic heterocycles. The molecule has 1 aliphatic rings. The van der Waals surface area contributed by atoms with Gasteiger partial charge in [0.05, 0.1) is 18.5 Å². The van der Waals surface area contributed by atoms with Crippen LogP contribution in [-0.2, 0) is 14.1 Å². The summed E-state index contributed by atoms with van der Waals surface area (Å²) in [5.41, 5.74) is -0.0713. The van der Waals surface area contributed by atoms with E-state index in [-0.39, 0.29) is 24.5 Å². The summed E-state index contributed by atoms with van der Waals surface area (Å²) in [5, 5.41) is 10.8. The quantitative estimate of drug-likeness (QED) is 0.528. The minimum atomic E-state index is -0.884. The number of nitrogens with zero attached hydrogens (tertiary/aromatic N) is 6. The maximum Gasteiger partial charge on any atom is 0.332 e. The molecule has 0 bridgehead atoms. The highest BCUT2D eigenvalue weighted by Crippen LogP contribution is 2.27. The highest BCUT2D eigenvalue weighted by Gasteiger charge is 2.37. The monoisotopic (exact) mass is 456 g/mol. The second kappa shape index (κ2) is 8.83. The van der Waals surface area contributed by atoms with Gasteiger partial charge in [0.15, 0.2) is 5.52 Å². The third kappa shape index (κ3) is 4.16. The Bertz CT molecular complexity index is 1310. The van der Waals surface area contributed by atoms with Crippen molar-refractivity contribution >= 4 is 17.1 Å². The standard InChI is InChI=1S/C22H28N6O5/c1-24(2)8-9-33-15-7-5-6-14(10-15)20(30)27-11-16(17(29)12-27)28-13-23-18-19(28)25(3)22(32)26(4)21(18)31/h5-7,10,13,16-17,29H,8-9,11-12H2,1-4H3/t16-,17-/m1/s1. The lowest BCUT2D eigenvalue weighted by Crippen LogP contribution is -2.38. The number of aryl methyl sites for hydroxylation is 1. The van der Waals surface area contributed by atoms with Crippen LogP contribution in [0.2, 0.25) is 0 Å². The number of likely N-dealkylation sites (tertiary alicyclic amines) is 1. The molecule has 176 valence electrons. The molecule has 1 fully saturated rings. The fraction of sp³-hybridized carbons (Fsp3) is 0.455. The molecule has 33 heavy (non-hydrogen) atoms. The van der Waals surface area contributed by atoms with E-state index in [1.807, 2.05) is 19.0 Å². The molecule has 11 heteroatoms. The Morgan fingerprint density at radius 1 is 1.21 bits per heavy atom. The molecule has 2 atom stereocenters. The number of hydrogen-bond donors (Lipinski definition) is 1. The van der Waals surface area contributed by atoms with Crippen LogP contribution in [-0.4, -0.2) is 85.9 Å². The van der Waals surface area contributed by atoms with Crippen molar-refractivity contribution in [2.24, 2.45) is 14.1 Å². The lowest BCUT2D eigenvalue weighted by Gasteiger charge is -2.18. The largest absolute Gasteiger partial charge is 0.492 e. The lowest BCUT2D eigenvalue weighted by atomic mass is 10.2. The Kier molecular flexibility index (Phi) is 6.09. The average molecular weight is 457 g/mol. The van der Waals surface area contributed by atoms with Crippen LogP contribution in [0.3, 0.4) is 0 Å². The highest BCUT2D eigenvalue weighted by molar-refractivity contribution is 5.94. The van der Waals surface area contributed by atoms with Crippen molar-refractivity contribution < 1.29 is 14.6 Å². The maximum atomic E-state index is 13.1. The fourth-order valence-electron chi connectivity index (χ4n) is 4.10. The molecule has 4 rings (SSSR count). The SMILES string of the molecule is CN(C)CCOc1cccc(C(=O)N2C[C@@H](O)[C@H](n3cnc4c(=O)n(C)c(=O)n(C)c43)C2)c1. The third-order valence-corrected chi connectivity index (χ3v) is 5.96. The molecule has 1 saturated heterocycles. The summed E-state index contributed by atoms with van der Waals surface area (Å²) in [6, 6.07) is 6.42. The van der Waals surface area contributed by atoms with E-state index in [9.17, 15) is 19.5 Å². The molecule has 3 heterocycles. The number of amides is 1. The van der Waals surface area contributed by atoms with Crippen LogP contribution in [0.4, 0.5) is 0 Å². The first-order valence-corrected chi connectivity index (χ1v) is 10.7. The normalized spacial score (nSPS) is 18.4. The maximum absolute atomic E-state index is 13.1. The van der Waals surface area contributed by atoms with Gasteiger partial charge in [-0.2, -0.15) is 0 Å². The number of rotatable bonds is 6. The zero-order valence-corrected chi connectivity index (χ0v) is 19.1. The number of aliphatic hydroxyl groups excluding tert-OH is 1. The number of β-amino-alcohol motifs (C(OH)–C–C–N with tert-alkyl or cyclic N) is 1. The van der Waals surface area contributed by atoms with E-state index in [4.69, 9.17) is 4.74 Å². The van der Waals surface area contributed by atoms with Gasteiger partial charge in [0, 0.05) is 39.3 Å². The number of ether oxygens (including phenoxy) is 1. The van der Waals surface area contributed by atoms with Crippen molar-refractivity contribution in [1.82, 2.24) is 28.5 Å². The number of carbonyl (C=O) groups is 1. The number of aromatic nitrogens is 4. The molecular formula is C22H28N6O5. The molecule has 1 aromatic carbocycles. The van der Waals surface area contributed by atoms with Gasteiger partial charge in [-0.3, -0.25) is 18.7 Å². The first-order valence-electron chi connectivity index (χ1n) is 10.7. The highest BCUT2D eigenvalue weighted by atomic mass is 16.5. The Morgan fingerprint density at radius 3 is 2.70 bits per heavy atom. The zero-order chi connectivity index (χ0) is 23.9. The Morgan fingerprint density at radius 2 is 1.97 bits per heavy atom. The minimum Gasteiger partial charge on any atom is -0.492 e. The van der Waals surface area contributed by atoms with E-state index in [0.29, 0.717) is 23.6 Å². The number of aliphatic hydroxyl groups is 1. The molecule has 0 spiro atoms. The Hall–Kier alpha value is -3.44. The molecule has 11 nitrogen and oxygen atoms in total. The second-order valence-electron chi connectivity index (χ2n) is 8.55. The topological polar surface area (TPSA) is 115 Å². The summed E-state index contributed by atoms with van der Waals surface area (Å²) in [6.07, 6.45) is 0.553. The third-order valence-electron chi connectivity index (χ3n) is 5.96. The van der Waals surface area contributed by atoms with Gasteiger partial charge in [-0.05, 0) is 32.3 Å². The van der Waals surface area contributed by atoms with E-state index in [1.54, 1.807) is 40.8 Å². The molecule has 1 amide bonds. The summed E-state index contributed by atoms with van der Waals surface area (Å²) in [4.78, 5) is 45.7. The van der Waals surface area contributed by atoms with Crippen LogP contribution < -0.4 is 16.0 Å². The van der Waals surface area contributed by atoms with Crippen LogP contribution in [0.15, 0.2) is 40.2 Å². The van der Waals surface area contributed by atoms with Crippen LogP contribution in [0.25, 0.3) is 11.2 Å².